The summed E-state index contributed by atoms with van der Waals surface area (Å²) < 4.78 is 0. The van der Waals surface area contributed by atoms with E-state index >= 15 is 0 Å². The molecule has 6 heteroatoms. The number of amides is 1. The van der Waals surface area contributed by atoms with Gasteiger partial charge in [-0.15, -0.1) is 5.10 Å². The normalized spacial score (nSPS) is 23.7. The molecule has 1 atom stereocenters. The van der Waals surface area contributed by atoms with Crippen molar-refractivity contribution in [1.29, 1.82) is 0 Å². The van der Waals surface area contributed by atoms with Crippen LogP contribution < -0.4 is 5.32 Å². The average Bonchev–Trinajstić information content (AvgIpc) is 2.99. The van der Waals surface area contributed by atoms with Gasteiger partial charge in [-0.25, -0.2) is 4.98 Å². The van der Waals surface area contributed by atoms with Crippen molar-refractivity contribution in [2.24, 2.45) is 5.92 Å². The molecule has 0 spiro atoms. The monoisotopic (exact) mass is 263 g/mol. The first-order valence-electron chi connectivity index (χ1n) is 7.19. The van der Waals surface area contributed by atoms with E-state index in [0.717, 1.165) is 51.3 Å². The molecule has 0 radical (unpaired) electrons. The van der Waals surface area contributed by atoms with Gasteiger partial charge in [-0.2, -0.15) is 0 Å². The number of hydrogen-bond acceptors (Lipinski definition) is 4. The van der Waals surface area contributed by atoms with E-state index in [4.69, 9.17) is 0 Å². The van der Waals surface area contributed by atoms with Crippen molar-refractivity contribution in [2.45, 2.75) is 32.1 Å². The molecule has 1 amide bonds. The molecule has 104 valence electrons. The van der Waals surface area contributed by atoms with Gasteiger partial charge in [0.2, 0.25) is 5.82 Å². The second-order valence-corrected chi connectivity index (χ2v) is 5.58. The predicted octanol–water partition coefficient (Wildman–Crippen LogP) is 0.754. The molecular formula is C13H21N5O. The summed E-state index contributed by atoms with van der Waals surface area (Å²) >= 11 is 0. The topological polar surface area (TPSA) is 73.9 Å². The van der Waals surface area contributed by atoms with Gasteiger partial charge in [0.1, 0.15) is 5.82 Å². The zero-order chi connectivity index (χ0) is 13.2. The standard InChI is InChI=1S/C13H21N5O/c1-2-18-6-5-9(8-18)7-14-13(19)12-15-11(16-17-12)10-3-4-10/h9-10H,2-8H2,1H3,(H,14,19)(H,15,16,17). The fourth-order valence-corrected chi connectivity index (χ4v) is 2.60. The number of carbonyl (C=O) groups excluding carboxylic acids is 1. The van der Waals surface area contributed by atoms with Crippen molar-refractivity contribution in [3.05, 3.63) is 11.6 Å². The molecule has 3 rings (SSSR count). The summed E-state index contributed by atoms with van der Waals surface area (Å²) in [4.78, 5) is 18.6. The van der Waals surface area contributed by atoms with E-state index in [0.29, 0.717) is 11.8 Å². The Morgan fingerprint density at radius 1 is 1.47 bits per heavy atom. The van der Waals surface area contributed by atoms with Crippen LogP contribution in [-0.2, 0) is 0 Å². The third kappa shape index (κ3) is 2.94. The highest BCUT2D eigenvalue weighted by molar-refractivity contribution is 5.90. The minimum absolute atomic E-state index is 0.155. The lowest BCUT2D eigenvalue weighted by molar-refractivity contribution is 0.0937. The molecule has 1 aliphatic carbocycles. The van der Waals surface area contributed by atoms with Crippen molar-refractivity contribution in [1.82, 2.24) is 25.4 Å². The fraction of sp³-hybridized carbons (Fsp3) is 0.769. The summed E-state index contributed by atoms with van der Waals surface area (Å²) in [5, 5.41) is 9.81. The zero-order valence-corrected chi connectivity index (χ0v) is 11.4. The molecule has 1 unspecified atom stereocenters. The molecule has 2 aliphatic rings. The van der Waals surface area contributed by atoms with Gasteiger partial charge in [0.05, 0.1) is 0 Å². The Labute approximate surface area is 113 Å². The molecule has 2 N–H and O–H groups in total. The van der Waals surface area contributed by atoms with Gasteiger partial charge in [0, 0.05) is 19.0 Å². The van der Waals surface area contributed by atoms with E-state index in [1.807, 2.05) is 0 Å². The van der Waals surface area contributed by atoms with E-state index in [1.54, 1.807) is 0 Å². The first kappa shape index (κ1) is 12.6. The van der Waals surface area contributed by atoms with Gasteiger partial charge < -0.3 is 10.2 Å². The summed E-state index contributed by atoms with van der Waals surface area (Å²) in [5.41, 5.74) is 0. The maximum atomic E-state index is 11.9. The Morgan fingerprint density at radius 2 is 2.32 bits per heavy atom. The molecule has 19 heavy (non-hydrogen) atoms. The number of hydrogen-bond donors (Lipinski definition) is 2. The van der Waals surface area contributed by atoms with E-state index < -0.39 is 0 Å². The van der Waals surface area contributed by atoms with Crippen LogP contribution in [0.4, 0.5) is 0 Å². The van der Waals surface area contributed by atoms with E-state index in [-0.39, 0.29) is 11.7 Å². The van der Waals surface area contributed by atoms with Gasteiger partial charge in [-0.1, -0.05) is 6.92 Å². The maximum absolute atomic E-state index is 11.9. The van der Waals surface area contributed by atoms with Crippen LogP contribution in [0, 0.1) is 5.92 Å². The molecule has 6 nitrogen and oxygen atoms in total. The molecule has 0 bridgehead atoms. The van der Waals surface area contributed by atoms with Crippen molar-refractivity contribution in [2.75, 3.05) is 26.2 Å². The number of aromatic amines is 1. The van der Waals surface area contributed by atoms with Crippen LogP contribution in [0.5, 0.6) is 0 Å². The first-order valence-corrected chi connectivity index (χ1v) is 7.19. The minimum atomic E-state index is -0.155. The molecule has 2 heterocycles. The van der Waals surface area contributed by atoms with Crippen LogP contribution in [0.3, 0.4) is 0 Å². The van der Waals surface area contributed by atoms with E-state index in [9.17, 15) is 4.79 Å². The Bertz CT molecular complexity index is 454. The van der Waals surface area contributed by atoms with Crippen LogP contribution in [-0.4, -0.2) is 52.2 Å². The van der Waals surface area contributed by atoms with Gasteiger partial charge in [0.15, 0.2) is 0 Å². The summed E-state index contributed by atoms with van der Waals surface area (Å²) in [5.74, 6) is 2.06. The second kappa shape index (κ2) is 5.28. The Morgan fingerprint density at radius 3 is 3.00 bits per heavy atom. The lowest BCUT2D eigenvalue weighted by Crippen LogP contribution is -2.31. The minimum Gasteiger partial charge on any atom is -0.349 e. The van der Waals surface area contributed by atoms with Crippen molar-refractivity contribution >= 4 is 5.91 Å². The van der Waals surface area contributed by atoms with Crippen molar-refractivity contribution in [3.8, 4) is 0 Å². The number of nitrogens with zero attached hydrogens (tertiary/aromatic N) is 3. The highest BCUT2D eigenvalue weighted by atomic mass is 16.2. The number of aromatic nitrogens is 3. The van der Waals surface area contributed by atoms with Gasteiger partial charge in [0.25, 0.3) is 5.91 Å². The second-order valence-electron chi connectivity index (χ2n) is 5.58. The van der Waals surface area contributed by atoms with Gasteiger partial charge in [-0.05, 0) is 38.3 Å². The van der Waals surface area contributed by atoms with Gasteiger partial charge in [-0.3, -0.25) is 9.89 Å². The van der Waals surface area contributed by atoms with Crippen LogP contribution in [0.2, 0.25) is 0 Å². The van der Waals surface area contributed by atoms with E-state index in [2.05, 4.69) is 32.3 Å². The van der Waals surface area contributed by atoms with E-state index in [1.165, 1.54) is 0 Å². The Balaban J connectivity index is 1.48. The number of nitrogens with one attached hydrogen (secondary N) is 2. The maximum Gasteiger partial charge on any atom is 0.290 e. The fourth-order valence-electron chi connectivity index (χ4n) is 2.60. The smallest absolute Gasteiger partial charge is 0.290 e. The predicted molar refractivity (Wildman–Crippen MR) is 70.9 cm³/mol. The molecule has 2 fully saturated rings. The molecule has 0 aromatic carbocycles. The highest BCUT2D eigenvalue weighted by Crippen LogP contribution is 2.37. The van der Waals surface area contributed by atoms with Crippen molar-refractivity contribution in [3.63, 3.8) is 0 Å². The van der Waals surface area contributed by atoms with Crippen LogP contribution in [0.15, 0.2) is 0 Å². The quantitative estimate of drug-likeness (QED) is 0.822. The Kier molecular flexibility index (Phi) is 3.50. The molecule has 1 aromatic rings. The lowest BCUT2D eigenvalue weighted by atomic mass is 10.1. The van der Waals surface area contributed by atoms with Crippen molar-refractivity contribution < 1.29 is 4.79 Å². The summed E-state index contributed by atoms with van der Waals surface area (Å²) in [6, 6.07) is 0. The third-order valence-corrected chi connectivity index (χ3v) is 4.04. The molecular weight excluding hydrogens is 242 g/mol. The summed E-state index contributed by atoms with van der Waals surface area (Å²) in [7, 11) is 0. The molecule has 1 aromatic heterocycles. The SMILES string of the molecule is CCN1CCC(CNC(=O)c2n[nH]c(C3CC3)n2)C1. The Hall–Kier alpha value is -1.43. The number of rotatable bonds is 5. The zero-order valence-electron chi connectivity index (χ0n) is 11.4. The van der Waals surface area contributed by atoms with Crippen LogP contribution in [0.1, 0.15) is 48.5 Å². The highest BCUT2D eigenvalue weighted by Gasteiger charge is 2.28. The van der Waals surface area contributed by atoms with Crippen LogP contribution >= 0.6 is 0 Å². The number of carbonyl (C=O) groups is 1. The largest absolute Gasteiger partial charge is 0.349 e. The lowest BCUT2D eigenvalue weighted by Gasteiger charge is -2.13. The third-order valence-electron chi connectivity index (χ3n) is 4.04. The van der Waals surface area contributed by atoms with Gasteiger partial charge >= 0.3 is 0 Å². The summed E-state index contributed by atoms with van der Waals surface area (Å²) in [6.07, 6.45) is 3.48. The van der Waals surface area contributed by atoms with Crippen LogP contribution in [0.25, 0.3) is 0 Å². The molecule has 1 saturated heterocycles. The molecule has 1 aliphatic heterocycles. The number of H-pyrrole nitrogens is 1. The average molecular weight is 263 g/mol. The molecule has 1 saturated carbocycles. The number of likely N-dealkylation sites (tertiary alicyclic amines) is 1. The summed E-state index contributed by atoms with van der Waals surface area (Å²) in [6.45, 7) is 6.22. The first-order chi connectivity index (χ1) is 9.26.